The molecule has 0 amide bonds. The fraction of sp³-hybridized carbons (Fsp3) is 0.625. The number of hydrogen-bond donors (Lipinski definition) is 2. The van der Waals surface area contributed by atoms with Gasteiger partial charge in [-0.05, 0) is 29.4 Å². The third kappa shape index (κ3) is 6.19. The highest BCUT2D eigenvalue weighted by Gasteiger charge is 2.16. The summed E-state index contributed by atoms with van der Waals surface area (Å²) >= 11 is 0. The lowest BCUT2D eigenvalue weighted by molar-refractivity contribution is 0.184. The Kier molecular flexibility index (Phi) is 7.06. The Morgan fingerprint density at radius 3 is 2.53 bits per heavy atom. The molecule has 0 fully saturated rings. The van der Waals surface area contributed by atoms with Crippen LogP contribution in [0.2, 0.25) is 0 Å². The molecule has 19 heavy (non-hydrogen) atoms. The first-order valence-corrected chi connectivity index (χ1v) is 6.96. The van der Waals surface area contributed by atoms with E-state index >= 15 is 0 Å². The van der Waals surface area contributed by atoms with Gasteiger partial charge in [0.1, 0.15) is 0 Å². The van der Waals surface area contributed by atoms with E-state index in [0.29, 0.717) is 6.61 Å². The minimum atomic E-state index is 0.221. The SMILES string of the molecule is COCc1ccccc1CNCC(C)(C)CCCO. The van der Waals surface area contributed by atoms with Crippen molar-refractivity contribution in [3.05, 3.63) is 35.4 Å². The highest BCUT2D eigenvalue weighted by atomic mass is 16.5. The zero-order valence-corrected chi connectivity index (χ0v) is 12.4. The number of methoxy groups -OCH3 is 1. The quantitative estimate of drug-likeness (QED) is 0.721. The summed E-state index contributed by atoms with van der Waals surface area (Å²) < 4.78 is 5.21. The summed E-state index contributed by atoms with van der Waals surface area (Å²) in [5.74, 6) is 0. The molecule has 2 N–H and O–H groups in total. The average Bonchev–Trinajstić information content (AvgIpc) is 2.39. The number of ether oxygens (including phenoxy) is 1. The Hall–Kier alpha value is -0.900. The second-order valence-electron chi connectivity index (χ2n) is 5.80. The second-order valence-corrected chi connectivity index (χ2v) is 5.80. The van der Waals surface area contributed by atoms with Gasteiger partial charge in [-0.1, -0.05) is 38.1 Å². The van der Waals surface area contributed by atoms with Crippen LogP contribution in [0.1, 0.15) is 37.8 Å². The molecule has 0 bridgehead atoms. The molecule has 1 rings (SSSR count). The molecule has 0 spiro atoms. The van der Waals surface area contributed by atoms with Crippen LogP contribution in [0.15, 0.2) is 24.3 Å². The van der Waals surface area contributed by atoms with Gasteiger partial charge in [-0.15, -0.1) is 0 Å². The molecule has 0 saturated carbocycles. The first-order chi connectivity index (χ1) is 9.09. The smallest absolute Gasteiger partial charge is 0.0716 e. The Balaban J connectivity index is 2.44. The largest absolute Gasteiger partial charge is 0.396 e. The van der Waals surface area contributed by atoms with Crippen molar-refractivity contribution >= 4 is 0 Å². The lowest BCUT2D eigenvalue weighted by Crippen LogP contribution is -2.29. The molecule has 0 radical (unpaired) electrons. The molecule has 0 heterocycles. The Morgan fingerprint density at radius 1 is 1.21 bits per heavy atom. The van der Waals surface area contributed by atoms with Crippen molar-refractivity contribution in [1.29, 1.82) is 0 Å². The predicted octanol–water partition coefficient (Wildman–Crippen LogP) is 2.72. The first kappa shape index (κ1) is 16.2. The summed E-state index contributed by atoms with van der Waals surface area (Å²) in [6.45, 7) is 7.22. The van der Waals surface area contributed by atoms with Crippen LogP contribution in [0.5, 0.6) is 0 Å². The van der Waals surface area contributed by atoms with Gasteiger partial charge in [-0.2, -0.15) is 0 Å². The van der Waals surface area contributed by atoms with Crippen molar-refractivity contribution in [2.24, 2.45) is 5.41 Å². The molecular weight excluding hydrogens is 238 g/mol. The van der Waals surface area contributed by atoms with Gasteiger partial charge in [0.25, 0.3) is 0 Å². The third-order valence-electron chi connectivity index (χ3n) is 3.35. The Bertz CT molecular complexity index is 364. The zero-order valence-electron chi connectivity index (χ0n) is 12.4. The summed E-state index contributed by atoms with van der Waals surface area (Å²) in [7, 11) is 1.72. The highest BCUT2D eigenvalue weighted by Crippen LogP contribution is 2.21. The van der Waals surface area contributed by atoms with Gasteiger partial charge in [-0.3, -0.25) is 0 Å². The highest BCUT2D eigenvalue weighted by molar-refractivity contribution is 5.26. The van der Waals surface area contributed by atoms with Gasteiger partial charge in [0.05, 0.1) is 6.61 Å². The Morgan fingerprint density at radius 2 is 1.89 bits per heavy atom. The van der Waals surface area contributed by atoms with Crippen LogP contribution in [0, 0.1) is 5.41 Å². The number of hydrogen-bond acceptors (Lipinski definition) is 3. The molecule has 0 aliphatic carbocycles. The standard InChI is InChI=1S/C16H27NO2/c1-16(2,9-6-10-18)13-17-11-14-7-4-5-8-15(14)12-19-3/h4-5,7-8,17-18H,6,9-13H2,1-3H3. The molecule has 0 aromatic heterocycles. The average molecular weight is 265 g/mol. The lowest BCUT2D eigenvalue weighted by Gasteiger charge is -2.25. The number of aliphatic hydroxyl groups excluding tert-OH is 1. The van der Waals surface area contributed by atoms with Crippen LogP contribution in [0.25, 0.3) is 0 Å². The van der Waals surface area contributed by atoms with Crippen molar-refractivity contribution in [2.45, 2.75) is 39.8 Å². The zero-order chi connectivity index (χ0) is 14.1. The maximum absolute atomic E-state index is 8.89. The van der Waals surface area contributed by atoms with Crippen LogP contribution in [-0.4, -0.2) is 25.4 Å². The maximum atomic E-state index is 8.89. The van der Waals surface area contributed by atoms with Crippen LogP contribution in [0.3, 0.4) is 0 Å². The van der Waals surface area contributed by atoms with E-state index < -0.39 is 0 Å². The van der Waals surface area contributed by atoms with Crippen molar-refractivity contribution in [3.8, 4) is 0 Å². The molecule has 3 nitrogen and oxygen atoms in total. The molecule has 0 aliphatic heterocycles. The van der Waals surface area contributed by atoms with E-state index in [-0.39, 0.29) is 12.0 Å². The summed E-state index contributed by atoms with van der Waals surface area (Å²) in [5, 5.41) is 12.4. The molecule has 0 aliphatic rings. The van der Waals surface area contributed by atoms with E-state index in [4.69, 9.17) is 9.84 Å². The van der Waals surface area contributed by atoms with Gasteiger partial charge in [0.15, 0.2) is 0 Å². The van der Waals surface area contributed by atoms with Gasteiger partial charge in [-0.25, -0.2) is 0 Å². The number of aliphatic hydroxyl groups is 1. The van der Waals surface area contributed by atoms with Gasteiger partial charge >= 0.3 is 0 Å². The molecule has 0 saturated heterocycles. The van der Waals surface area contributed by atoms with E-state index in [9.17, 15) is 0 Å². The van der Waals surface area contributed by atoms with E-state index in [1.807, 2.05) is 6.07 Å². The van der Waals surface area contributed by atoms with E-state index in [0.717, 1.165) is 25.9 Å². The minimum absolute atomic E-state index is 0.221. The van der Waals surface area contributed by atoms with Crippen molar-refractivity contribution < 1.29 is 9.84 Å². The molecule has 3 heteroatoms. The van der Waals surface area contributed by atoms with Crippen LogP contribution in [0.4, 0.5) is 0 Å². The topological polar surface area (TPSA) is 41.5 Å². The van der Waals surface area contributed by atoms with Gasteiger partial charge in [0, 0.05) is 26.8 Å². The molecule has 0 unspecified atom stereocenters. The fourth-order valence-electron chi connectivity index (χ4n) is 2.21. The molecule has 1 aromatic rings. The molecular formula is C16H27NO2. The van der Waals surface area contributed by atoms with Crippen LogP contribution >= 0.6 is 0 Å². The molecule has 1 aromatic carbocycles. The number of benzene rings is 1. The van der Waals surface area contributed by atoms with Crippen LogP contribution < -0.4 is 5.32 Å². The van der Waals surface area contributed by atoms with Crippen LogP contribution in [-0.2, 0) is 17.9 Å². The predicted molar refractivity (Wildman–Crippen MR) is 79.0 cm³/mol. The number of rotatable bonds is 9. The third-order valence-corrected chi connectivity index (χ3v) is 3.35. The number of nitrogens with one attached hydrogen (secondary N) is 1. The molecule has 108 valence electrons. The van der Waals surface area contributed by atoms with Gasteiger partial charge in [0.2, 0.25) is 0 Å². The lowest BCUT2D eigenvalue weighted by atomic mass is 9.88. The van der Waals surface area contributed by atoms with E-state index in [1.165, 1.54) is 11.1 Å². The van der Waals surface area contributed by atoms with Crippen molar-refractivity contribution in [1.82, 2.24) is 5.32 Å². The van der Waals surface area contributed by atoms with Gasteiger partial charge < -0.3 is 15.2 Å². The summed E-state index contributed by atoms with van der Waals surface area (Å²) in [6.07, 6.45) is 1.91. The minimum Gasteiger partial charge on any atom is -0.396 e. The van der Waals surface area contributed by atoms with E-state index in [2.05, 4.69) is 37.4 Å². The normalized spacial score (nSPS) is 11.8. The van der Waals surface area contributed by atoms with E-state index in [1.54, 1.807) is 7.11 Å². The van der Waals surface area contributed by atoms with Crippen molar-refractivity contribution in [2.75, 3.05) is 20.3 Å². The monoisotopic (exact) mass is 265 g/mol. The fourth-order valence-corrected chi connectivity index (χ4v) is 2.21. The summed E-state index contributed by atoms with van der Waals surface area (Å²) in [6, 6.07) is 8.36. The van der Waals surface area contributed by atoms with Crippen molar-refractivity contribution in [3.63, 3.8) is 0 Å². The summed E-state index contributed by atoms with van der Waals surface area (Å²) in [4.78, 5) is 0. The summed E-state index contributed by atoms with van der Waals surface area (Å²) in [5.41, 5.74) is 2.76. The first-order valence-electron chi connectivity index (χ1n) is 6.96. The molecule has 0 atom stereocenters. The maximum Gasteiger partial charge on any atom is 0.0716 e. The Labute approximate surface area is 117 Å². The second kappa shape index (κ2) is 8.31.